The van der Waals surface area contributed by atoms with Gasteiger partial charge in [-0.3, -0.25) is 4.79 Å². The van der Waals surface area contributed by atoms with Gasteiger partial charge in [-0.05, 0) is 30.5 Å². The van der Waals surface area contributed by atoms with Crippen LogP contribution < -0.4 is 9.47 Å². The Bertz CT molecular complexity index is 585. The van der Waals surface area contributed by atoms with E-state index in [2.05, 4.69) is 13.8 Å². The Morgan fingerprint density at radius 2 is 1.79 bits per heavy atom. The summed E-state index contributed by atoms with van der Waals surface area (Å²) in [5.41, 5.74) is 1.02. The lowest BCUT2D eigenvalue weighted by Crippen LogP contribution is -2.31. The maximum Gasteiger partial charge on any atom is 0.246 e. The third-order valence-corrected chi connectivity index (χ3v) is 3.91. The van der Waals surface area contributed by atoms with Crippen molar-refractivity contribution in [2.24, 2.45) is 0 Å². The molecule has 1 heterocycles. The predicted octanol–water partition coefficient (Wildman–Crippen LogP) is 4.41. The molecule has 2 rings (SSSR count). The lowest BCUT2D eigenvalue weighted by atomic mass is 10.2. The number of rotatable bonds is 9. The first-order valence-electron chi connectivity index (χ1n) is 8.78. The number of fused-ring (bicyclic) bond motifs is 1. The number of amides is 1. The molecule has 0 N–H and O–H groups in total. The van der Waals surface area contributed by atoms with Crippen LogP contribution in [0.15, 0.2) is 36.4 Å². The second kappa shape index (κ2) is 9.81. The molecule has 0 saturated heterocycles. The van der Waals surface area contributed by atoms with E-state index in [4.69, 9.17) is 9.47 Å². The first-order valence-corrected chi connectivity index (χ1v) is 8.78. The van der Waals surface area contributed by atoms with Crippen LogP contribution >= 0.6 is 0 Å². The van der Waals surface area contributed by atoms with Gasteiger partial charge in [-0.15, -0.1) is 0 Å². The Balaban J connectivity index is 1.89. The molecule has 1 aromatic carbocycles. The smallest absolute Gasteiger partial charge is 0.246 e. The number of carbonyl (C=O) groups excluding carboxylic acids is 1. The quantitative estimate of drug-likeness (QED) is 0.497. The van der Waals surface area contributed by atoms with Crippen molar-refractivity contribution in [3.63, 3.8) is 0 Å². The Morgan fingerprint density at radius 3 is 2.50 bits per heavy atom. The number of unbranched alkanes of at least 4 members (excludes halogenated alkanes) is 2. The fourth-order valence-electron chi connectivity index (χ4n) is 2.46. The van der Waals surface area contributed by atoms with Crippen LogP contribution in [0.2, 0.25) is 0 Å². The van der Waals surface area contributed by atoms with E-state index < -0.39 is 0 Å². The first-order chi connectivity index (χ1) is 11.7. The molecule has 0 radical (unpaired) electrons. The summed E-state index contributed by atoms with van der Waals surface area (Å²) < 4.78 is 10.6. The van der Waals surface area contributed by atoms with Crippen molar-refractivity contribution in [3.05, 3.63) is 42.0 Å². The molecule has 0 atom stereocenters. The monoisotopic (exact) mass is 329 g/mol. The zero-order chi connectivity index (χ0) is 17.2. The molecule has 0 fully saturated rings. The van der Waals surface area contributed by atoms with Crippen LogP contribution in [0.4, 0.5) is 0 Å². The van der Waals surface area contributed by atoms with E-state index in [0.29, 0.717) is 0 Å². The van der Waals surface area contributed by atoms with Crippen LogP contribution in [0.25, 0.3) is 6.08 Å². The summed E-state index contributed by atoms with van der Waals surface area (Å²) in [6.45, 7) is 6.25. The Hall–Kier alpha value is -2.23. The summed E-state index contributed by atoms with van der Waals surface area (Å²) in [5.74, 6) is 1.63. The lowest BCUT2D eigenvalue weighted by Gasteiger charge is -2.20. The second-order valence-corrected chi connectivity index (χ2v) is 5.86. The highest BCUT2D eigenvalue weighted by Gasteiger charge is 2.12. The molecule has 0 spiro atoms. The Labute approximate surface area is 144 Å². The molecule has 4 heteroatoms. The molecule has 1 aliphatic rings. The van der Waals surface area contributed by atoms with Crippen LogP contribution in [-0.2, 0) is 4.79 Å². The summed E-state index contributed by atoms with van der Waals surface area (Å²) in [6.07, 6.45) is 11.6. The summed E-state index contributed by atoms with van der Waals surface area (Å²) in [4.78, 5) is 14.2. The van der Waals surface area contributed by atoms with Crippen molar-refractivity contribution < 1.29 is 14.3 Å². The van der Waals surface area contributed by atoms with Gasteiger partial charge in [0.2, 0.25) is 12.7 Å². The summed E-state index contributed by atoms with van der Waals surface area (Å²) >= 11 is 0. The van der Waals surface area contributed by atoms with Gasteiger partial charge in [0.05, 0.1) is 0 Å². The van der Waals surface area contributed by atoms with Crippen LogP contribution in [0.5, 0.6) is 11.5 Å². The minimum absolute atomic E-state index is 0.0900. The van der Waals surface area contributed by atoms with Crippen molar-refractivity contribution in [3.8, 4) is 11.5 Å². The molecular formula is C20H27NO3. The zero-order valence-corrected chi connectivity index (χ0v) is 14.7. The Kier molecular flexibility index (Phi) is 7.40. The van der Waals surface area contributed by atoms with Crippen LogP contribution in [0, 0.1) is 0 Å². The number of benzene rings is 1. The highest BCUT2D eigenvalue weighted by atomic mass is 16.7. The molecule has 130 valence electrons. The van der Waals surface area contributed by atoms with E-state index in [9.17, 15) is 4.79 Å². The number of carbonyl (C=O) groups is 1. The Morgan fingerprint density at radius 1 is 1.08 bits per heavy atom. The number of ether oxygens (including phenoxy) is 2. The van der Waals surface area contributed by atoms with Crippen molar-refractivity contribution >= 4 is 12.0 Å². The molecule has 0 unspecified atom stereocenters. The van der Waals surface area contributed by atoms with Crippen LogP contribution in [0.3, 0.4) is 0 Å². The van der Waals surface area contributed by atoms with Crippen molar-refractivity contribution in [2.75, 3.05) is 19.9 Å². The van der Waals surface area contributed by atoms with Crippen LogP contribution in [0.1, 0.15) is 45.1 Å². The minimum atomic E-state index is 0.0900. The maximum absolute atomic E-state index is 12.3. The summed E-state index contributed by atoms with van der Waals surface area (Å²) in [6, 6.07) is 5.80. The number of hydrogen-bond acceptors (Lipinski definition) is 3. The fourth-order valence-corrected chi connectivity index (χ4v) is 2.46. The number of hydrogen-bond donors (Lipinski definition) is 0. The SMILES string of the molecule is CCCCN(CCCC)C(=O)C=CC=Cc1ccc2c(c1)OCO2. The highest BCUT2D eigenvalue weighted by molar-refractivity contribution is 5.88. The summed E-state index contributed by atoms with van der Waals surface area (Å²) in [5, 5.41) is 0. The van der Waals surface area contributed by atoms with Gasteiger partial charge in [0, 0.05) is 19.2 Å². The molecule has 0 aromatic heterocycles. The third kappa shape index (κ3) is 5.44. The van der Waals surface area contributed by atoms with E-state index in [0.717, 1.165) is 55.8 Å². The standard InChI is InChI=1S/C20H27NO3/c1-3-5-13-21(14-6-4-2)20(22)10-8-7-9-17-11-12-18-19(15-17)24-16-23-18/h7-12,15H,3-6,13-14,16H2,1-2H3. The zero-order valence-electron chi connectivity index (χ0n) is 14.7. The number of allylic oxidation sites excluding steroid dienone is 2. The predicted molar refractivity (Wildman–Crippen MR) is 97.1 cm³/mol. The largest absolute Gasteiger partial charge is 0.454 e. The topological polar surface area (TPSA) is 38.8 Å². The molecular weight excluding hydrogens is 302 g/mol. The normalized spacial score (nSPS) is 13.1. The van der Waals surface area contributed by atoms with Crippen molar-refractivity contribution in [1.29, 1.82) is 0 Å². The fraction of sp³-hybridized carbons (Fsp3) is 0.450. The molecule has 0 aliphatic carbocycles. The van der Waals surface area contributed by atoms with Crippen molar-refractivity contribution in [2.45, 2.75) is 39.5 Å². The van der Waals surface area contributed by atoms with Gasteiger partial charge < -0.3 is 14.4 Å². The molecule has 4 nitrogen and oxygen atoms in total. The average molecular weight is 329 g/mol. The molecule has 1 amide bonds. The molecule has 0 saturated carbocycles. The summed E-state index contributed by atoms with van der Waals surface area (Å²) in [7, 11) is 0. The number of nitrogens with zero attached hydrogens (tertiary/aromatic N) is 1. The second-order valence-electron chi connectivity index (χ2n) is 5.86. The highest BCUT2D eigenvalue weighted by Crippen LogP contribution is 2.32. The van der Waals surface area contributed by atoms with E-state index in [-0.39, 0.29) is 12.7 Å². The van der Waals surface area contributed by atoms with Gasteiger partial charge in [-0.2, -0.15) is 0 Å². The van der Waals surface area contributed by atoms with Gasteiger partial charge in [0.1, 0.15) is 0 Å². The van der Waals surface area contributed by atoms with Crippen LogP contribution in [-0.4, -0.2) is 30.7 Å². The molecule has 1 aliphatic heterocycles. The van der Waals surface area contributed by atoms with Gasteiger partial charge in [0.15, 0.2) is 11.5 Å². The maximum atomic E-state index is 12.3. The van der Waals surface area contributed by atoms with Crippen molar-refractivity contribution in [1.82, 2.24) is 4.90 Å². The van der Waals surface area contributed by atoms with Gasteiger partial charge in [-0.25, -0.2) is 0 Å². The van der Waals surface area contributed by atoms with Gasteiger partial charge >= 0.3 is 0 Å². The molecule has 1 aromatic rings. The van der Waals surface area contributed by atoms with Gasteiger partial charge in [-0.1, -0.05) is 51.0 Å². The molecule has 24 heavy (non-hydrogen) atoms. The molecule has 0 bridgehead atoms. The average Bonchev–Trinajstić information content (AvgIpc) is 3.06. The third-order valence-electron chi connectivity index (χ3n) is 3.91. The first kappa shape index (κ1) is 18.1. The van der Waals surface area contributed by atoms with E-state index in [1.807, 2.05) is 35.3 Å². The lowest BCUT2D eigenvalue weighted by molar-refractivity contribution is -0.126. The van der Waals surface area contributed by atoms with E-state index in [1.54, 1.807) is 12.2 Å². The van der Waals surface area contributed by atoms with E-state index in [1.165, 1.54) is 0 Å². The van der Waals surface area contributed by atoms with E-state index >= 15 is 0 Å². The minimum Gasteiger partial charge on any atom is -0.454 e. The van der Waals surface area contributed by atoms with Gasteiger partial charge in [0.25, 0.3) is 0 Å².